The lowest BCUT2D eigenvalue weighted by Gasteiger charge is -2.26. The van der Waals surface area contributed by atoms with Crippen LogP contribution in [0.5, 0.6) is 0 Å². The summed E-state index contributed by atoms with van der Waals surface area (Å²) in [7, 11) is 0. The van der Waals surface area contributed by atoms with Crippen LogP contribution in [0, 0.1) is 5.92 Å². The van der Waals surface area contributed by atoms with Crippen molar-refractivity contribution >= 4 is 11.9 Å². The van der Waals surface area contributed by atoms with E-state index in [1.807, 2.05) is 22.9 Å². The molecule has 1 saturated heterocycles. The number of amides is 1. The number of carbonyl (C=O) groups excluding carboxylic acids is 1. The van der Waals surface area contributed by atoms with Crippen molar-refractivity contribution in [2.24, 2.45) is 10.9 Å². The molecule has 1 atom stereocenters. The fourth-order valence-electron chi connectivity index (χ4n) is 4.46. The summed E-state index contributed by atoms with van der Waals surface area (Å²) in [5.74, 6) is 2.22. The molecule has 1 unspecified atom stereocenters. The summed E-state index contributed by atoms with van der Waals surface area (Å²) >= 11 is 0. The lowest BCUT2D eigenvalue weighted by Crippen LogP contribution is -2.45. The van der Waals surface area contributed by atoms with Crippen LogP contribution in [-0.2, 0) is 11.3 Å². The quantitative estimate of drug-likeness (QED) is 0.551. The van der Waals surface area contributed by atoms with Gasteiger partial charge in [0.1, 0.15) is 12.1 Å². The molecule has 2 aromatic heterocycles. The van der Waals surface area contributed by atoms with E-state index in [0.717, 1.165) is 56.2 Å². The molecule has 1 aliphatic carbocycles. The Labute approximate surface area is 184 Å². The number of aromatic nitrogens is 3. The lowest BCUT2D eigenvalue weighted by atomic mass is 9.88. The van der Waals surface area contributed by atoms with E-state index in [2.05, 4.69) is 32.4 Å². The second kappa shape index (κ2) is 10.4. The van der Waals surface area contributed by atoms with Crippen molar-refractivity contribution in [2.75, 3.05) is 19.6 Å². The number of imidazole rings is 1. The molecule has 2 fully saturated rings. The van der Waals surface area contributed by atoms with Crippen molar-refractivity contribution in [3.63, 3.8) is 0 Å². The van der Waals surface area contributed by atoms with Crippen molar-refractivity contribution < 1.29 is 4.79 Å². The Morgan fingerprint density at radius 3 is 2.87 bits per heavy atom. The molecule has 1 aliphatic heterocycles. The first kappa shape index (κ1) is 21.3. The SMILES string of the molecule is CCNC(=NCc1ccnc(-n2ccnc2)c1)NC1CCN(C(=O)C2CCCCC2)C1. The molecular formula is C23H33N7O. The van der Waals surface area contributed by atoms with Crippen LogP contribution in [0.25, 0.3) is 5.82 Å². The molecule has 4 rings (SSSR count). The molecule has 1 amide bonds. The predicted octanol–water partition coefficient (Wildman–Crippen LogP) is 2.50. The normalized spacial score (nSPS) is 20.1. The Morgan fingerprint density at radius 2 is 2.10 bits per heavy atom. The maximum absolute atomic E-state index is 12.8. The van der Waals surface area contributed by atoms with Crippen LogP contribution in [0.15, 0.2) is 42.0 Å². The molecular weight excluding hydrogens is 390 g/mol. The van der Waals surface area contributed by atoms with Gasteiger partial charge in [0, 0.05) is 50.2 Å². The van der Waals surface area contributed by atoms with E-state index < -0.39 is 0 Å². The van der Waals surface area contributed by atoms with Crippen LogP contribution in [0.2, 0.25) is 0 Å². The van der Waals surface area contributed by atoms with Crippen molar-refractivity contribution in [2.45, 2.75) is 58.0 Å². The standard InChI is InChI=1S/C23H33N7O/c1-2-25-23(27-15-18-8-10-26-21(14-18)30-13-11-24-17-30)28-20-9-12-29(16-20)22(31)19-6-4-3-5-7-19/h8,10-11,13-14,17,19-20H,2-7,9,12,15-16H2,1H3,(H2,25,27,28). The van der Waals surface area contributed by atoms with Gasteiger partial charge in [0.05, 0.1) is 6.54 Å². The first-order valence-electron chi connectivity index (χ1n) is 11.5. The van der Waals surface area contributed by atoms with E-state index in [4.69, 9.17) is 4.99 Å². The molecule has 3 heterocycles. The molecule has 0 radical (unpaired) electrons. The zero-order valence-corrected chi connectivity index (χ0v) is 18.3. The fraction of sp³-hybridized carbons (Fsp3) is 0.565. The number of nitrogens with one attached hydrogen (secondary N) is 2. The highest BCUT2D eigenvalue weighted by Crippen LogP contribution is 2.26. The van der Waals surface area contributed by atoms with Gasteiger partial charge in [-0.25, -0.2) is 15.0 Å². The maximum Gasteiger partial charge on any atom is 0.225 e. The van der Waals surface area contributed by atoms with E-state index in [9.17, 15) is 4.79 Å². The number of pyridine rings is 1. The summed E-state index contributed by atoms with van der Waals surface area (Å²) in [4.78, 5) is 28.1. The van der Waals surface area contributed by atoms with Gasteiger partial charge in [-0.2, -0.15) is 0 Å². The van der Waals surface area contributed by atoms with Crippen molar-refractivity contribution in [1.29, 1.82) is 0 Å². The van der Waals surface area contributed by atoms with E-state index in [1.54, 1.807) is 18.7 Å². The number of rotatable bonds is 6. The number of guanidine groups is 1. The highest BCUT2D eigenvalue weighted by atomic mass is 16.2. The number of aliphatic imine (C=N–C) groups is 1. The lowest BCUT2D eigenvalue weighted by molar-refractivity contribution is -0.135. The number of likely N-dealkylation sites (tertiary alicyclic amines) is 1. The zero-order chi connectivity index (χ0) is 21.5. The summed E-state index contributed by atoms with van der Waals surface area (Å²) in [6.07, 6.45) is 13.9. The molecule has 2 aromatic rings. The van der Waals surface area contributed by atoms with Gasteiger partial charge >= 0.3 is 0 Å². The van der Waals surface area contributed by atoms with Gasteiger partial charge in [-0.15, -0.1) is 0 Å². The van der Waals surface area contributed by atoms with E-state index >= 15 is 0 Å². The van der Waals surface area contributed by atoms with Crippen molar-refractivity contribution in [3.05, 3.63) is 42.6 Å². The Bertz CT molecular complexity index is 874. The smallest absolute Gasteiger partial charge is 0.225 e. The number of carbonyl (C=O) groups is 1. The number of nitrogens with zero attached hydrogens (tertiary/aromatic N) is 5. The molecule has 31 heavy (non-hydrogen) atoms. The Balaban J connectivity index is 1.34. The highest BCUT2D eigenvalue weighted by molar-refractivity contribution is 5.81. The van der Waals surface area contributed by atoms with Crippen LogP contribution in [0.1, 0.15) is 51.0 Å². The van der Waals surface area contributed by atoms with Crippen LogP contribution in [0.4, 0.5) is 0 Å². The molecule has 1 saturated carbocycles. The van der Waals surface area contributed by atoms with Crippen molar-refractivity contribution in [1.82, 2.24) is 30.1 Å². The summed E-state index contributed by atoms with van der Waals surface area (Å²) in [6.45, 7) is 5.01. The molecule has 8 heteroatoms. The van der Waals surface area contributed by atoms with Gasteiger partial charge in [-0.1, -0.05) is 19.3 Å². The van der Waals surface area contributed by atoms with E-state index in [-0.39, 0.29) is 12.0 Å². The summed E-state index contributed by atoms with van der Waals surface area (Å²) < 4.78 is 1.88. The van der Waals surface area contributed by atoms with Crippen LogP contribution >= 0.6 is 0 Å². The second-order valence-electron chi connectivity index (χ2n) is 8.44. The molecule has 0 aromatic carbocycles. The molecule has 166 valence electrons. The molecule has 2 aliphatic rings. The molecule has 2 N–H and O–H groups in total. The van der Waals surface area contributed by atoms with Gasteiger partial charge < -0.3 is 15.5 Å². The minimum atomic E-state index is 0.240. The largest absolute Gasteiger partial charge is 0.357 e. The van der Waals surface area contributed by atoms with E-state index in [0.29, 0.717) is 12.5 Å². The summed E-state index contributed by atoms with van der Waals surface area (Å²) in [5.41, 5.74) is 1.08. The summed E-state index contributed by atoms with van der Waals surface area (Å²) in [5, 5.41) is 6.87. The van der Waals surface area contributed by atoms with Crippen LogP contribution in [-0.4, -0.2) is 57.0 Å². The average Bonchev–Trinajstić information content (AvgIpc) is 3.51. The maximum atomic E-state index is 12.8. The van der Waals surface area contributed by atoms with Crippen LogP contribution in [0.3, 0.4) is 0 Å². The van der Waals surface area contributed by atoms with Gasteiger partial charge in [-0.05, 0) is 43.9 Å². The first-order valence-corrected chi connectivity index (χ1v) is 11.5. The average molecular weight is 424 g/mol. The third kappa shape index (κ3) is 5.62. The number of hydrogen-bond donors (Lipinski definition) is 2. The topological polar surface area (TPSA) is 87.4 Å². The van der Waals surface area contributed by atoms with Crippen molar-refractivity contribution in [3.8, 4) is 5.82 Å². The molecule has 8 nitrogen and oxygen atoms in total. The fourth-order valence-corrected chi connectivity index (χ4v) is 4.46. The third-order valence-corrected chi connectivity index (χ3v) is 6.14. The minimum Gasteiger partial charge on any atom is -0.357 e. The monoisotopic (exact) mass is 423 g/mol. The predicted molar refractivity (Wildman–Crippen MR) is 121 cm³/mol. The van der Waals surface area contributed by atoms with Gasteiger partial charge in [-0.3, -0.25) is 9.36 Å². The Morgan fingerprint density at radius 1 is 1.23 bits per heavy atom. The van der Waals surface area contributed by atoms with Gasteiger partial charge in [0.25, 0.3) is 0 Å². The highest BCUT2D eigenvalue weighted by Gasteiger charge is 2.31. The van der Waals surface area contributed by atoms with Gasteiger partial charge in [0.15, 0.2) is 5.96 Å². The van der Waals surface area contributed by atoms with E-state index in [1.165, 1.54) is 19.3 Å². The third-order valence-electron chi connectivity index (χ3n) is 6.14. The molecule has 0 spiro atoms. The summed E-state index contributed by atoms with van der Waals surface area (Å²) in [6, 6.07) is 4.24. The first-order chi connectivity index (χ1) is 15.2. The van der Waals surface area contributed by atoms with Gasteiger partial charge in [0.2, 0.25) is 5.91 Å². The second-order valence-corrected chi connectivity index (χ2v) is 8.44. The number of hydrogen-bond acceptors (Lipinski definition) is 4. The Kier molecular flexibility index (Phi) is 7.17. The Hall–Kier alpha value is -2.90. The minimum absolute atomic E-state index is 0.240. The zero-order valence-electron chi connectivity index (χ0n) is 18.3. The van der Waals surface area contributed by atoms with Crippen LogP contribution < -0.4 is 10.6 Å². The molecule has 0 bridgehead atoms.